The van der Waals surface area contributed by atoms with Gasteiger partial charge in [0.2, 0.25) is 0 Å². The van der Waals surface area contributed by atoms with Gasteiger partial charge in [0, 0.05) is 8.59 Å². The molecule has 0 amide bonds. The van der Waals surface area contributed by atoms with Crippen molar-refractivity contribution in [2.75, 3.05) is 0 Å². The molecule has 1 atom stereocenters. The second-order valence-electron chi connectivity index (χ2n) is 3.02. The van der Waals surface area contributed by atoms with Gasteiger partial charge in [0.05, 0.1) is 4.83 Å². The lowest BCUT2D eigenvalue weighted by molar-refractivity contribution is -0.116. The highest BCUT2D eigenvalue weighted by atomic mass is 127. The fraction of sp³-hybridized carbons (Fsp3) is 0.300. The third-order valence-corrected chi connectivity index (χ3v) is 3.85. The first-order chi connectivity index (χ1) is 6.50. The molecule has 0 aromatic heterocycles. The molecule has 0 N–H and O–H groups in total. The van der Waals surface area contributed by atoms with Crippen LogP contribution in [0.15, 0.2) is 18.2 Å². The van der Waals surface area contributed by atoms with Crippen LogP contribution in [0.25, 0.3) is 0 Å². The predicted octanol–water partition coefficient (Wildman–Crippen LogP) is 3.84. The van der Waals surface area contributed by atoms with E-state index in [1.807, 2.05) is 18.2 Å². The van der Waals surface area contributed by atoms with E-state index in [0.717, 1.165) is 14.2 Å². The Kier molecular flexibility index (Phi) is 4.87. The lowest BCUT2D eigenvalue weighted by atomic mass is 10.1. The molecule has 0 saturated carbocycles. The molecule has 1 aromatic carbocycles. The number of Topliss-reactive ketones (excluding diaryl/α,β-unsaturated/α-hetero) is 1. The fourth-order valence-corrected chi connectivity index (χ4v) is 2.31. The Morgan fingerprint density at radius 3 is 2.79 bits per heavy atom. The van der Waals surface area contributed by atoms with Crippen LogP contribution in [0, 0.1) is 3.57 Å². The Balaban J connectivity index is 2.82. The van der Waals surface area contributed by atoms with Crippen molar-refractivity contribution in [2.24, 2.45) is 0 Å². The Morgan fingerprint density at radius 2 is 2.29 bits per heavy atom. The van der Waals surface area contributed by atoms with Crippen LogP contribution in [0.5, 0.6) is 0 Å². The molecule has 0 aliphatic heterocycles. The summed E-state index contributed by atoms with van der Waals surface area (Å²) in [6, 6.07) is 5.85. The van der Waals surface area contributed by atoms with Gasteiger partial charge >= 0.3 is 0 Å². The molecule has 1 rings (SSSR count). The van der Waals surface area contributed by atoms with Crippen molar-refractivity contribution in [1.82, 2.24) is 0 Å². The van der Waals surface area contributed by atoms with Crippen LogP contribution in [0.2, 0.25) is 5.02 Å². The first-order valence-electron chi connectivity index (χ1n) is 4.09. The second-order valence-corrected chi connectivity index (χ2v) is 5.78. The van der Waals surface area contributed by atoms with E-state index in [9.17, 15) is 4.79 Å². The molecular weight excluding hydrogens is 378 g/mol. The maximum atomic E-state index is 11.0. The minimum absolute atomic E-state index is 0.125. The lowest BCUT2D eigenvalue weighted by Crippen LogP contribution is -2.12. The second kappa shape index (κ2) is 5.47. The van der Waals surface area contributed by atoms with E-state index in [1.54, 1.807) is 6.92 Å². The summed E-state index contributed by atoms with van der Waals surface area (Å²) in [7, 11) is 0. The Hall–Kier alpha value is 0.390. The summed E-state index contributed by atoms with van der Waals surface area (Å²) in [5, 5.41) is 0.725. The molecule has 1 nitrogen and oxygen atoms in total. The molecular formula is C10H9BrClIO. The highest BCUT2D eigenvalue weighted by Crippen LogP contribution is 2.22. The highest BCUT2D eigenvalue weighted by Gasteiger charge is 2.12. The number of alkyl halides is 1. The predicted molar refractivity (Wildman–Crippen MR) is 71.3 cm³/mol. The van der Waals surface area contributed by atoms with Crippen LogP contribution >= 0.6 is 50.1 Å². The van der Waals surface area contributed by atoms with Crippen LogP contribution < -0.4 is 0 Å². The minimum Gasteiger partial charge on any atom is -0.299 e. The molecule has 76 valence electrons. The molecule has 0 heterocycles. The number of carbonyl (C=O) groups excluding carboxylic acids is 1. The van der Waals surface area contributed by atoms with Crippen LogP contribution in [0.4, 0.5) is 0 Å². The number of carbonyl (C=O) groups is 1. The molecule has 0 radical (unpaired) electrons. The standard InChI is InChI=1S/C10H9BrClIO/c1-6(14)9(11)4-7-2-3-8(13)5-10(7)12/h2-3,5,9H,4H2,1H3. The van der Waals surface area contributed by atoms with Gasteiger partial charge in [-0.1, -0.05) is 33.6 Å². The van der Waals surface area contributed by atoms with Gasteiger partial charge in [0.1, 0.15) is 5.78 Å². The first kappa shape index (κ1) is 12.5. The minimum atomic E-state index is -0.139. The summed E-state index contributed by atoms with van der Waals surface area (Å²) < 4.78 is 1.10. The van der Waals surface area contributed by atoms with Crippen molar-refractivity contribution < 1.29 is 4.79 Å². The van der Waals surface area contributed by atoms with Crippen LogP contribution in [-0.2, 0) is 11.2 Å². The topological polar surface area (TPSA) is 17.1 Å². The fourth-order valence-electron chi connectivity index (χ4n) is 1.02. The summed E-state index contributed by atoms with van der Waals surface area (Å²) in [6.45, 7) is 1.57. The Bertz CT molecular complexity index is 354. The van der Waals surface area contributed by atoms with Crippen molar-refractivity contribution in [3.8, 4) is 0 Å². The molecule has 0 fully saturated rings. The summed E-state index contributed by atoms with van der Waals surface area (Å²) in [4.78, 5) is 10.9. The Labute approximate surface area is 110 Å². The van der Waals surface area contributed by atoms with Gasteiger partial charge in [0.25, 0.3) is 0 Å². The van der Waals surface area contributed by atoms with E-state index in [4.69, 9.17) is 11.6 Å². The average molecular weight is 387 g/mol. The molecule has 14 heavy (non-hydrogen) atoms. The van der Waals surface area contributed by atoms with Crippen molar-refractivity contribution in [2.45, 2.75) is 18.2 Å². The number of hydrogen-bond donors (Lipinski definition) is 0. The molecule has 1 aromatic rings. The lowest BCUT2D eigenvalue weighted by Gasteiger charge is -2.07. The van der Waals surface area contributed by atoms with E-state index in [1.165, 1.54) is 0 Å². The summed E-state index contributed by atoms with van der Waals surface area (Å²) in [5.74, 6) is 0.125. The van der Waals surface area contributed by atoms with Gasteiger partial charge in [-0.2, -0.15) is 0 Å². The number of hydrogen-bond acceptors (Lipinski definition) is 1. The molecule has 0 bridgehead atoms. The van der Waals surface area contributed by atoms with Gasteiger partial charge in [-0.3, -0.25) is 4.79 Å². The monoisotopic (exact) mass is 386 g/mol. The van der Waals surface area contributed by atoms with Gasteiger partial charge in [-0.25, -0.2) is 0 Å². The molecule has 4 heteroatoms. The van der Waals surface area contributed by atoms with E-state index in [2.05, 4.69) is 38.5 Å². The van der Waals surface area contributed by atoms with E-state index < -0.39 is 0 Å². The summed E-state index contributed by atoms with van der Waals surface area (Å²) >= 11 is 11.6. The van der Waals surface area contributed by atoms with E-state index in [-0.39, 0.29) is 10.6 Å². The van der Waals surface area contributed by atoms with Gasteiger partial charge < -0.3 is 0 Å². The first-order valence-corrected chi connectivity index (χ1v) is 6.46. The SMILES string of the molecule is CC(=O)C(Br)Cc1ccc(I)cc1Cl. The largest absolute Gasteiger partial charge is 0.299 e. The number of benzene rings is 1. The zero-order valence-corrected chi connectivity index (χ0v) is 12.1. The summed E-state index contributed by atoms with van der Waals surface area (Å²) in [5.41, 5.74) is 1.00. The van der Waals surface area contributed by atoms with Gasteiger partial charge in [-0.05, 0) is 53.6 Å². The van der Waals surface area contributed by atoms with Crippen molar-refractivity contribution >= 4 is 55.9 Å². The van der Waals surface area contributed by atoms with Crippen LogP contribution in [0.1, 0.15) is 12.5 Å². The number of ketones is 1. The maximum absolute atomic E-state index is 11.0. The average Bonchev–Trinajstić information content (AvgIpc) is 2.09. The number of rotatable bonds is 3. The van der Waals surface area contributed by atoms with Crippen molar-refractivity contribution in [3.05, 3.63) is 32.4 Å². The zero-order valence-electron chi connectivity index (χ0n) is 7.56. The van der Waals surface area contributed by atoms with Gasteiger partial charge in [-0.15, -0.1) is 0 Å². The third kappa shape index (κ3) is 3.51. The molecule has 1 unspecified atom stereocenters. The van der Waals surface area contributed by atoms with E-state index in [0.29, 0.717) is 6.42 Å². The summed E-state index contributed by atoms with van der Waals surface area (Å²) in [6.07, 6.45) is 0.644. The van der Waals surface area contributed by atoms with Crippen LogP contribution in [0.3, 0.4) is 0 Å². The number of halogens is 3. The van der Waals surface area contributed by atoms with Crippen molar-refractivity contribution in [1.29, 1.82) is 0 Å². The molecule has 0 aliphatic rings. The Morgan fingerprint density at radius 1 is 1.64 bits per heavy atom. The molecule has 0 spiro atoms. The van der Waals surface area contributed by atoms with Crippen LogP contribution in [-0.4, -0.2) is 10.6 Å². The highest BCUT2D eigenvalue weighted by molar-refractivity contribution is 14.1. The van der Waals surface area contributed by atoms with E-state index >= 15 is 0 Å². The van der Waals surface area contributed by atoms with Gasteiger partial charge in [0.15, 0.2) is 0 Å². The smallest absolute Gasteiger partial charge is 0.143 e. The molecule has 0 saturated heterocycles. The quantitative estimate of drug-likeness (QED) is 0.569. The normalized spacial score (nSPS) is 12.6. The third-order valence-electron chi connectivity index (χ3n) is 1.86. The maximum Gasteiger partial charge on any atom is 0.143 e. The van der Waals surface area contributed by atoms with Crippen molar-refractivity contribution in [3.63, 3.8) is 0 Å². The molecule has 0 aliphatic carbocycles. The zero-order chi connectivity index (χ0) is 10.7.